The second-order valence-corrected chi connectivity index (χ2v) is 3.58. The first-order chi connectivity index (χ1) is 5.34. The van der Waals surface area contributed by atoms with E-state index in [0.717, 1.165) is 19.0 Å². The molecule has 1 atom stereocenters. The van der Waals surface area contributed by atoms with Crippen LogP contribution in [0, 0.1) is 0 Å². The third kappa shape index (κ3) is 1.93. The van der Waals surface area contributed by atoms with Crippen molar-refractivity contribution in [1.29, 1.82) is 0 Å². The van der Waals surface area contributed by atoms with Crippen LogP contribution in [0.3, 0.4) is 0 Å². The van der Waals surface area contributed by atoms with Crippen molar-refractivity contribution in [3.63, 3.8) is 0 Å². The molecule has 0 saturated heterocycles. The first kappa shape index (κ1) is 7.10. The lowest BCUT2D eigenvalue weighted by Gasteiger charge is -2.17. The van der Waals surface area contributed by atoms with Crippen LogP contribution in [-0.4, -0.2) is 29.5 Å². The molecule has 2 aliphatic rings. The Morgan fingerprint density at radius 1 is 1.27 bits per heavy atom. The van der Waals surface area contributed by atoms with Crippen LogP contribution in [0.25, 0.3) is 0 Å². The first-order valence-corrected chi connectivity index (χ1v) is 4.45. The number of hydrazone groups is 1. The van der Waals surface area contributed by atoms with E-state index in [0.29, 0.717) is 6.04 Å². The average Bonchev–Trinajstić information content (AvgIpc) is 2.78. The van der Waals surface area contributed by atoms with Gasteiger partial charge in [-0.05, 0) is 12.8 Å². The minimum atomic E-state index is 0.697. The second kappa shape index (κ2) is 2.81. The molecule has 1 heterocycles. The summed E-state index contributed by atoms with van der Waals surface area (Å²) in [7, 11) is 0. The van der Waals surface area contributed by atoms with E-state index in [1.54, 1.807) is 4.68 Å². The van der Waals surface area contributed by atoms with Crippen LogP contribution in [0.15, 0.2) is 0 Å². The Bertz CT molecular complexity index is 172. The molecule has 2 rings (SSSR count). The summed E-state index contributed by atoms with van der Waals surface area (Å²) in [6.07, 6.45) is 7.14. The summed E-state index contributed by atoms with van der Waals surface area (Å²) >= 11 is 0. The van der Waals surface area contributed by atoms with E-state index in [1.165, 1.54) is 19.3 Å². The lowest BCUT2D eigenvalue weighted by Crippen LogP contribution is -2.40. The van der Waals surface area contributed by atoms with Gasteiger partial charge in [0.25, 0.3) is 0 Å². The number of hydrogen-bond donors (Lipinski definition) is 2. The fourth-order valence-corrected chi connectivity index (χ4v) is 1.51. The smallest absolute Gasteiger partial charge is 0.172 e. The molecule has 1 fully saturated rings. The maximum absolute atomic E-state index is 5.59. The Balaban J connectivity index is 1.78. The van der Waals surface area contributed by atoms with Crippen molar-refractivity contribution in [2.45, 2.75) is 37.8 Å². The summed E-state index contributed by atoms with van der Waals surface area (Å²) in [5, 5.41) is 3.60. The monoisotopic (exact) mass is 154 g/mol. The number of nitrogens with two attached hydrogens (primary N) is 1. The van der Waals surface area contributed by atoms with Gasteiger partial charge in [-0.25, -0.2) is 5.84 Å². The molecule has 3 nitrogen and oxygen atoms in total. The number of rotatable bonds is 2. The van der Waals surface area contributed by atoms with Crippen molar-refractivity contribution in [2.75, 3.05) is 6.54 Å². The van der Waals surface area contributed by atoms with E-state index in [1.807, 2.05) is 0 Å². The Morgan fingerprint density at radius 3 is 2.64 bits per heavy atom. The van der Waals surface area contributed by atoms with E-state index < -0.39 is 0 Å². The van der Waals surface area contributed by atoms with Crippen molar-refractivity contribution in [2.24, 2.45) is 5.84 Å². The maximum Gasteiger partial charge on any atom is 0.172 e. The van der Waals surface area contributed by atoms with Gasteiger partial charge < -0.3 is 5.32 Å². The molecule has 3 heteroatoms. The quantitative estimate of drug-likeness (QED) is 0.429. The van der Waals surface area contributed by atoms with Crippen LogP contribution in [0.2, 0.25) is 0 Å². The average molecular weight is 154 g/mol. The number of nitrogens with zero attached hydrogens (tertiary/aromatic N) is 1. The molecule has 11 heavy (non-hydrogen) atoms. The number of hydrazine groups is 1. The van der Waals surface area contributed by atoms with Gasteiger partial charge in [0.05, 0.1) is 0 Å². The molecule has 3 N–H and O–H groups in total. The van der Waals surface area contributed by atoms with E-state index >= 15 is 0 Å². The molecule has 1 unspecified atom stereocenters. The van der Waals surface area contributed by atoms with Crippen LogP contribution in [-0.2, 0) is 0 Å². The van der Waals surface area contributed by atoms with Gasteiger partial charge in [-0.3, -0.25) is 0 Å². The van der Waals surface area contributed by atoms with Gasteiger partial charge in [0.15, 0.2) is 12.8 Å². The molecule has 0 bridgehead atoms. The van der Waals surface area contributed by atoms with Crippen LogP contribution in [0.4, 0.5) is 0 Å². The molecule has 0 aromatic heterocycles. The fraction of sp³-hybridized carbons (Fsp3) is 0.875. The Kier molecular flexibility index (Phi) is 1.82. The molecule has 0 amide bonds. The molecule has 1 aliphatic heterocycles. The van der Waals surface area contributed by atoms with Gasteiger partial charge >= 0.3 is 0 Å². The van der Waals surface area contributed by atoms with Crippen molar-refractivity contribution >= 4 is 6.21 Å². The summed E-state index contributed by atoms with van der Waals surface area (Å²) in [5.41, 5.74) is 0. The van der Waals surface area contributed by atoms with Gasteiger partial charge in [-0.15, -0.1) is 4.68 Å². The maximum atomic E-state index is 5.59. The van der Waals surface area contributed by atoms with Crippen LogP contribution >= 0.6 is 0 Å². The molecule has 0 radical (unpaired) electrons. The molecular weight excluding hydrogens is 138 g/mol. The van der Waals surface area contributed by atoms with Crippen molar-refractivity contribution in [1.82, 2.24) is 5.32 Å². The summed E-state index contributed by atoms with van der Waals surface area (Å²) < 4.78 is 1.80. The van der Waals surface area contributed by atoms with Gasteiger partial charge in [0, 0.05) is 24.9 Å². The predicted molar refractivity (Wildman–Crippen MR) is 44.6 cm³/mol. The molecule has 0 aromatic rings. The predicted octanol–water partition coefficient (Wildman–Crippen LogP) is -0.142. The Hall–Kier alpha value is -0.570. The third-order valence-electron chi connectivity index (χ3n) is 2.41. The van der Waals surface area contributed by atoms with E-state index in [-0.39, 0.29) is 0 Å². The molecule has 62 valence electrons. The van der Waals surface area contributed by atoms with Gasteiger partial charge in [-0.1, -0.05) is 0 Å². The van der Waals surface area contributed by atoms with E-state index in [4.69, 9.17) is 5.84 Å². The lowest BCUT2D eigenvalue weighted by atomic mass is 10.1. The van der Waals surface area contributed by atoms with Crippen molar-refractivity contribution in [3.8, 4) is 0 Å². The molecule has 0 aromatic carbocycles. The van der Waals surface area contributed by atoms with E-state index in [9.17, 15) is 0 Å². The zero-order valence-corrected chi connectivity index (χ0v) is 6.79. The zero-order valence-electron chi connectivity index (χ0n) is 6.79. The van der Waals surface area contributed by atoms with Crippen LogP contribution in [0.1, 0.15) is 25.7 Å². The molecule has 1 saturated carbocycles. The SMILES string of the molecule is N[N+]1=CCC(NC2CC2)CC1. The molecule has 1 aliphatic carbocycles. The van der Waals surface area contributed by atoms with Gasteiger partial charge in [0.2, 0.25) is 0 Å². The standard InChI is InChI=1S/C8H16N3/c9-11-5-3-8(4-6-11)10-7-1-2-7/h5,7-8,10H,1-4,6,9H2/q+1. The Morgan fingerprint density at radius 2 is 2.09 bits per heavy atom. The highest BCUT2D eigenvalue weighted by Gasteiger charge is 2.26. The Labute approximate surface area is 67.2 Å². The molecule has 0 spiro atoms. The lowest BCUT2D eigenvalue weighted by molar-refractivity contribution is -0.540. The third-order valence-corrected chi connectivity index (χ3v) is 2.41. The minimum absolute atomic E-state index is 0.697. The summed E-state index contributed by atoms with van der Waals surface area (Å²) in [6, 6.07) is 1.53. The first-order valence-electron chi connectivity index (χ1n) is 4.45. The van der Waals surface area contributed by atoms with Crippen molar-refractivity contribution < 1.29 is 4.68 Å². The zero-order chi connectivity index (χ0) is 7.68. The van der Waals surface area contributed by atoms with E-state index in [2.05, 4.69) is 11.5 Å². The number of hydrogen-bond acceptors (Lipinski definition) is 2. The van der Waals surface area contributed by atoms with Crippen LogP contribution in [0.5, 0.6) is 0 Å². The molecular formula is C8H16N3+. The second-order valence-electron chi connectivity index (χ2n) is 3.58. The van der Waals surface area contributed by atoms with Crippen LogP contribution < -0.4 is 11.2 Å². The number of nitrogens with one attached hydrogen (secondary N) is 1. The van der Waals surface area contributed by atoms with Gasteiger partial charge in [0.1, 0.15) is 0 Å². The minimum Gasteiger partial charge on any atom is -0.310 e. The largest absolute Gasteiger partial charge is 0.310 e. The highest BCUT2D eigenvalue weighted by Crippen LogP contribution is 2.20. The van der Waals surface area contributed by atoms with Gasteiger partial charge in [-0.2, -0.15) is 0 Å². The van der Waals surface area contributed by atoms with Crippen molar-refractivity contribution in [3.05, 3.63) is 0 Å². The fourth-order valence-electron chi connectivity index (χ4n) is 1.51. The normalized spacial score (nSPS) is 31.6. The highest BCUT2D eigenvalue weighted by atomic mass is 15.3. The summed E-state index contributed by atoms with van der Waals surface area (Å²) in [6.45, 7) is 1.00. The highest BCUT2D eigenvalue weighted by molar-refractivity contribution is 5.52. The summed E-state index contributed by atoms with van der Waals surface area (Å²) in [4.78, 5) is 0. The topological polar surface area (TPSA) is 41.1 Å². The summed E-state index contributed by atoms with van der Waals surface area (Å²) in [5.74, 6) is 5.59.